The Balaban J connectivity index is 1.55. The van der Waals surface area contributed by atoms with Gasteiger partial charge in [-0.25, -0.2) is 9.97 Å². The molecule has 0 radical (unpaired) electrons. The van der Waals surface area contributed by atoms with E-state index in [9.17, 15) is 18.0 Å². The molecule has 0 saturated carbocycles. The number of hydrogen-bond donors (Lipinski definition) is 1. The summed E-state index contributed by atoms with van der Waals surface area (Å²) in [6.45, 7) is 1.83. The van der Waals surface area contributed by atoms with Crippen LogP contribution in [0, 0.1) is 0 Å². The van der Waals surface area contributed by atoms with Gasteiger partial charge in [-0.15, -0.1) is 11.3 Å². The Hall–Kier alpha value is -1.97. The Labute approximate surface area is 161 Å². The fraction of sp³-hybridized carbons (Fsp3) is 0.278. The zero-order valence-corrected chi connectivity index (χ0v) is 15.5. The summed E-state index contributed by atoms with van der Waals surface area (Å²) >= 11 is 2.47. The van der Waals surface area contributed by atoms with E-state index in [4.69, 9.17) is 0 Å². The number of thiophene rings is 1. The maximum Gasteiger partial charge on any atom is 0.451 e. The van der Waals surface area contributed by atoms with E-state index in [-0.39, 0.29) is 22.1 Å². The number of Topliss-reactive ketones (excluding diaryl/α,β-unsaturated/α-hetero) is 1. The summed E-state index contributed by atoms with van der Waals surface area (Å²) in [7, 11) is 0. The molecule has 1 aliphatic rings. The molecule has 4 rings (SSSR count). The summed E-state index contributed by atoms with van der Waals surface area (Å²) in [6, 6.07) is 10.3. The van der Waals surface area contributed by atoms with Crippen molar-refractivity contribution in [1.29, 1.82) is 0 Å². The molecule has 140 valence electrons. The Bertz CT molecular complexity index is 999. The van der Waals surface area contributed by atoms with Gasteiger partial charge in [0.1, 0.15) is 5.03 Å². The maximum atomic E-state index is 13.1. The monoisotopic (exact) mass is 409 g/mol. The summed E-state index contributed by atoms with van der Waals surface area (Å²) < 4.78 is 39.2. The van der Waals surface area contributed by atoms with Gasteiger partial charge < -0.3 is 5.32 Å². The average Bonchev–Trinajstić information content (AvgIpc) is 3.06. The fourth-order valence-corrected chi connectivity index (χ4v) is 4.74. The van der Waals surface area contributed by atoms with Crippen molar-refractivity contribution >= 4 is 39.8 Å². The van der Waals surface area contributed by atoms with Gasteiger partial charge in [-0.3, -0.25) is 4.79 Å². The Kier molecular flexibility index (Phi) is 4.92. The molecule has 3 heterocycles. The number of carbonyl (C=O) groups excluding carboxylic acids is 1. The first-order valence-corrected chi connectivity index (χ1v) is 10.0. The van der Waals surface area contributed by atoms with Gasteiger partial charge in [0.2, 0.25) is 5.82 Å². The predicted octanol–water partition coefficient (Wildman–Crippen LogP) is 4.37. The number of carbonyl (C=O) groups is 1. The molecule has 1 aromatic carbocycles. The molecule has 0 amide bonds. The van der Waals surface area contributed by atoms with E-state index < -0.39 is 12.0 Å². The highest BCUT2D eigenvalue weighted by Gasteiger charge is 2.35. The largest absolute Gasteiger partial charge is 0.451 e. The van der Waals surface area contributed by atoms with Gasteiger partial charge in [-0.2, -0.15) is 13.2 Å². The first kappa shape index (κ1) is 18.4. The van der Waals surface area contributed by atoms with Crippen LogP contribution in [-0.4, -0.2) is 34.6 Å². The van der Waals surface area contributed by atoms with Crippen LogP contribution in [0.25, 0.3) is 10.9 Å². The van der Waals surface area contributed by atoms with Gasteiger partial charge in [-0.05, 0) is 18.2 Å². The van der Waals surface area contributed by atoms with Crippen molar-refractivity contribution in [3.63, 3.8) is 0 Å². The highest BCUT2D eigenvalue weighted by atomic mass is 32.2. The number of hydrogen-bond acceptors (Lipinski definition) is 6. The van der Waals surface area contributed by atoms with Gasteiger partial charge in [-0.1, -0.05) is 30.0 Å². The number of para-hydroxylation sites is 1. The number of rotatable bonds is 5. The van der Waals surface area contributed by atoms with E-state index in [0.717, 1.165) is 29.7 Å². The number of fused-ring (bicyclic) bond motifs is 1. The minimum Gasteiger partial charge on any atom is -0.315 e. The summed E-state index contributed by atoms with van der Waals surface area (Å²) in [6.07, 6.45) is -4.64. The molecule has 0 spiro atoms. The minimum atomic E-state index is -4.64. The molecule has 1 N–H and O–H groups in total. The second-order valence-electron chi connectivity index (χ2n) is 6.14. The van der Waals surface area contributed by atoms with Crippen molar-refractivity contribution in [2.45, 2.75) is 17.1 Å². The van der Waals surface area contributed by atoms with Crippen molar-refractivity contribution in [2.75, 3.05) is 18.8 Å². The van der Waals surface area contributed by atoms with Gasteiger partial charge >= 0.3 is 6.18 Å². The van der Waals surface area contributed by atoms with Crippen molar-refractivity contribution in [3.05, 3.63) is 52.0 Å². The van der Waals surface area contributed by atoms with Gasteiger partial charge in [0.15, 0.2) is 5.78 Å². The Morgan fingerprint density at radius 2 is 1.96 bits per heavy atom. The van der Waals surface area contributed by atoms with E-state index in [2.05, 4.69) is 15.3 Å². The highest BCUT2D eigenvalue weighted by molar-refractivity contribution is 8.00. The van der Waals surface area contributed by atoms with Crippen LogP contribution in [-0.2, 0) is 6.18 Å². The lowest BCUT2D eigenvalue weighted by Crippen LogP contribution is -2.39. The fourth-order valence-electron chi connectivity index (χ4n) is 2.70. The number of nitrogens with one attached hydrogen (secondary N) is 1. The van der Waals surface area contributed by atoms with Crippen molar-refractivity contribution < 1.29 is 18.0 Å². The molecule has 0 unspecified atom stereocenters. The SMILES string of the molecule is O=C(CSc1nc(C(F)(F)F)nc2ccccc12)c1ccc(C2CNC2)s1. The zero-order valence-electron chi connectivity index (χ0n) is 13.9. The van der Waals surface area contributed by atoms with Crippen LogP contribution in [0.15, 0.2) is 41.4 Å². The van der Waals surface area contributed by atoms with Gasteiger partial charge in [0.25, 0.3) is 0 Å². The van der Waals surface area contributed by atoms with E-state index >= 15 is 0 Å². The number of halogens is 3. The first-order valence-electron chi connectivity index (χ1n) is 8.22. The molecular weight excluding hydrogens is 395 g/mol. The number of nitrogens with zero attached hydrogens (tertiary/aromatic N) is 2. The summed E-state index contributed by atoms with van der Waals surface area (Å²) in [5.41, 5.74) is 0.214. The number of aromatic nitrogens is 2. The molecule has 9 heteroatoms. The predicted molar refractivity (Wildman–Crippen MR) is 99.5 cm³/mol. The molecule has 0 atom stereocenters. The van der Waals surface area contributed by atoms with E-state index in [1.165, 1.54) is 17.4 Å². The smallest absolute Gasteiger partial charge is 0.315 e. The number of ketones is 1. The van der Waals surface area contributed by atoms with Gasteiger partial charge in [0.05, 0.1) is 16.1 Å². The van der Waals surface area contributed by atoms with Crippen molar-refractivity contribution in [3.8, 4) is 0 Å². The normalized spacial score (nSPS) is 15.1. The number of thioether (sulfide) groups is 1. The zero-order chi connectivity index (χ0) is 19.0. The topological polar surface area (TPSA) is 54.9 Å². The molecule has 0 aliphatic carbocycles. The summed E-state index contributed by atoms with van der Waals surface area (Å²) in [5, 5.41) is 3.87. The van der Waals surface area contributed by atoms with Crippen molar-refractivity contribution in [1.82, 2.24) is 15.3 Å². The Morgan fingerprint density at radius 1 is 1.19 bits per heavy atom. The molecule has 27 heavy (non-hydrogen) atoms. The van der Waals surface area contributed by atoms with Crippen LogP contribution in [0.1, 0.15) is 26.3 Å². The van der Waals surface area contributed by atoms with E-state index in [1.54, 1.807) is 24.3 Å². The molecule has 4 nitrogen and oxygen atoms in total. The van der Waals surface area contributed by atoms with Gasteiger partial charge in [0, 0.05) is 29.3 Å². The third kappa shape index (κ3) is 3.85. The second kappa shape index (κ2) is 7.21. The molecule has 2 aromatic heterocycles. The summed E-state index contributed by atoms with van der Waals surface area (Å²) in [4.78, 5) is 21.5. The third-order valence-electron chi connectivity index (χ3n) is 4.25. The van der Waals surface area contributed by atoms with Crippen LogP contribution in [0.2, 0.25) is 0 Å². The minimum absolute atomic E-state index is 0.0289. The van der Waals surface area contributed by atoms with Crippen molar-refractivity contribution in [2.24, 2.45) is 0 Å². The lowest BCUT2D eigenvalue weighted by Gasteiger charge is -2.25. The van der Waals surface area contributed by atoms with Crippen LogP contribution in [0.3, 0.4) is 0 Å². The standard InChI is InChI=1S/C18H14F3N3OS2/c19-18(20,21)17-23-12-4-2-1-3-11(12)16(24-17)26-9-13(25)15-6-5-14(27-15)10-7-22-8-10/h1-6,10,22H,7-9H2. The molecular formula is C18H14F3N3OS2. The van der Waals surface area contributed by atoms with E-state index in [1.807, 2.05) is 6.07 Å². The highest BCUT2D eigenvalue weighted by Crippen LogP contribution is 2.33. The lowest BCUT2D eigenvalue weighted by atomic mass is 10.0. The van der Waals surface area contributed by atoms with Crippen LogP contribution in [0.4, 0.5) is 13.2 Å². The third-order valence-corrected chi connectivity index (χ3v) is 6.53. The number of alkyl halides is 3. The molecule has 1 saturated heterocycles. The van der Waals surface area contributed by atoms with Crippen LogP contribution >= 0.6 is 23.1 Å². The molecule has 0 bridgehead atoms. The maximum absolute atomic E-state index is 13.1. The molecule has 1 aliphatic heterocycles. The number of benzene rings is 1. The van der Waals surface area contributed by atoms with E-state index in [0.29, 0.717) is 16.2 Å². The van der Waals surface area contributed by atoms with Crippen LogP contribution < -0.4 is 5.32 Å². The first-order chi connectivity index (χ1) is 12.9. The summed E-state index contributed by atoms with van der Waals surface area (Å²) in [5.74, 6) is -0.822. The quantitative estimate of drug-likeness (QED) is 0.385. The average molecular weight is 409 g/mol. The lowest BCUT2D eigenvalue weighted by molar-refractivity contribution is -0.145. The second-order valence-corrected chi connectivity index (χ2v) is 8.22. The molecule has 3 aromatic rings. The molecule has 1 fully saturated rings. The Morgan fingerprint density at radius 3 is 2.67 bits per heavy atom. The van der Waals surface area contributed by atoms with Crippen LogP contribution in [0.5, 0.6) is 0 Å².